The number of thiol groups is 1. The van der Waals surface area contributed by atoms with Crippen LogP contribution in [0.3, 0.4) is 0 Å². The maximum absolute atomic E-state index is 5.89. The monoisotopic (exact) mass is 230 g/mol. The van der Waals surface area contributed by atoms with Crippen molar-refractivity contribution in [2.45, 2.75) is 36.4 Å². The topological polar surface area (TPSA) is 18.5 Å². The van der Waals surface area contributed by atoms with Crippen LogP contribution < -0.4 is 0 Å². The van der Waals surface area contributed by atoms with Gasteiger partial charge in [-0.25, -0.2) is 0 Å². The summed E-state index contributed by atoms with van der Waals surface area (Å²) in [4.78, 5) is 0. The lowest BCUT2D eigenvalue weighted by molar-refractivity contribution is -0.159. The summed E-state index contributed by atoms with van der Waals surface area (Å²) in [5.74, 6) is -0.479. The SMILES string of the molecule is CC1(C)OC[C@@](C)(c2csc(S)c2)O1. The molecule has 2 rings (SSSR count). The third-order valence-corrected chi connectivity index (χ3v) is 3.54. The van der Waals surface area contributed by atoms with Crippen molar-refractivity contribution in [1.29, 1.82) is 0 Å². The molecule has 0 spiro atoms. The molecule has 0 aromatic carbocycles. The Morgan fingerprint density at radius 3 is 2.57 bits per heavy atom. The average molecular weight is 230 g/mol. The zero-order valence-electron chi connectivity index (χ0n) is 8.53. The van der Waals surface area contributed by atoms with Gasteiger partial charge in [0.1, 0.15) is 5.60 Å². The Morgan fingerprint density at radius 1 is 1.43 bits per heavy atom. The zero-order valence-corrected chi connectivity index (χ0v) is 10.2. The van der Waals surface area contributed by atoms with Gasteiger partial charge in [0.25, 0.3) is 0 Å². The molecular formula is C10H14O2S2. The summed E-state index contributed by atoms with van der Waals surface area (Å²) in [6, 6.07) is 2.04. The highest BCUT2D eigenvalue weighted by Gasteiger charge is 2.43. The third kappa shape index (κ3) is 1.84. The van der Waals surface area contributed by atoms with Crippen LogP contribution in [-0.2, 0) is 15.1 Å². The minimum atomic E-state index is -0.479. The molecule has 2 heterocycles. The Hall–Kier alpha value is -0.0300. The molecule has 14 heavy (non-hydrogen) atoms. The van der Waals surface area contributed by atoms with Gasteiger partial charge in [-0.15, -0.1) is 24.0 Å². The van der Waals surface area contributed by atoms with E-state index in [1.807, 2.05) is 19.9 Å². The number of hydrogen-bond acceptors (Lipinski definition) is 4. The fourth-order valence-electron chi connectivity index (χ4n) is 1.66. The molecule has 0 amide bonds. The van der Waals surface area contributed by atoms with Crippen LogP contribution in [0.1, 0.15) is 26.3 Å². The van der Waals surface area contributed by atoms with Gasteiger partial charge in [-0.1, -0.05) is 0 Å². The largest absolute Gasteiger partial charge is 0.347 e. The minimum absolute atomic E-state index is 0.318. The first kappa shape index (κ1) is 10.5. The van der Waals surface area contributed by atoms with E-state index in [0.29, 0.717) is 6.61 Å². The summed E-state index contributed by atoms with van der Waals surface area (Å²) >= 11 is 5.92. The molecule has 1 saturated heterocycles. The molecular weight excluding hydrogens is 216 g/mol. The molecule has 1 aromatic rings. The Bertz CT molecular complexity index is 346. The molecule has 1 aliphatic heterocycles. The van der Waals surface area contributed by atoms with Gasteiger partial charge in [-0.3, -0.25) is 0 Å². The highest BCUT2D eigenvalue weighted by Crippen LogP contribution is 2.40. The van der Waals surface area contributed by atoms with Crippen LogP contribution in [0.25, 0.3) is 0 Å². The van der Waals surface area contributed by atoms with Gasteiger partial charge in [-0.2, -0.15) is 0 Å². The Balaban J connectivity index is 2.27. The molecule has 1 aliphatic rings. The van der Waals surface area contributed by atoms with Crippen LogP contribution in [-0.4, -0.2) is 12.4 Å². The second kappa shape index (κ2) is 3.23. The normalized spacial score (nSPS) is 30.9. The first-order chi connectivity index (χ1) is 6.41. The molecule has 0 aliphatic carbocycles. The second-order valence-corrected chi connectivity index (χ2v) is 5.89. The van der Waals surface area contributed by atoms with Crippen molar-refractivity contribution in [3.63, 3.8) is 0 Å². The first-order valence-corrected chi connectivity index (χ1v) is 5.86. The summed E-state index contributed by atoms with van der Waals surface area (Å²) in [6.45, 7) is 6.53. The van der Waals surface area contributed by atoms with Crippen LogP contribution in [0.15, 0.2) is 15.7 Å². The highest BCUT2D eigenvalue weighted by atomic mass is 32.2. The second-order valence-electron chi connectivity index (χ2n) is 4.20. The average Bonchev–Trinajstić information content (AvgIpc) is 2.57. The maximum Gasteiger partial charge on any atom is 0.164 e. The van der Waals surface area contributed by atoms with E-state index < -0.39 is 5.79 Å². The summed E-state index contributed by atoms with van der Waals surface area (Å²) in [5.41, 5.74) is 0.833. The Labute approximate surface area is 93.6 Å². The van der Waals surface area contributed by atoms with Crippen molar-refractivity contribution in [2.24, 2.45) is 0 Å². The summed E-state index contributed by atoms with van der Waals surface area (Å²) in [7, 11) is 0. The van der Waals surface area contributed by atoms with E-state index in [-0.39, 0.29) is 5.60 Å². The summed E-state index contributed by atoms with van der Waals surface area (Å²) in [5, 5.41) is 2.08. The van der Waals surface area contributed by atoms with Gasteiger partial charge in [0.2, 0.25) is 0 Å². The third-order valence-electron chi connectivity index (χ3n) is 2.36. The lowest BCUT2D eigenvalue weighted by atomic mass is 10.0. The van der Waals surface area contributed by atoms with Gasteiger partial charge >= 0.3 is 0 Å². The van der Waals surface area contributed by atoms with Crippen LogP contribution >= 0.6 is 24.0 Å². The van der Waals surface area contributed by atoms with E-state index in [1.165, 1.54) is 0 Å². The molecule has 78 valence electrons. The number of thiophene rings is 1. The molecule has 0 saturated carbocycles. The van der Waals surface area contributed by atoms with Crippen molar-refractivity contribution in [3.8, 4) is 0 Å². The smallest absolute Gasteiger partial charge is 0.164 e. The molecule has 0 unspecified atom stereocenters. The van der Waals surface area contributed by atoms with E-state index in [4.69, 9.17) is 9.47 Å². The van der Waals surface area contributed by atoms with E-state index >= 15 is 0 Å². The Morgan fingerprint density at radius 2 is 2.14 bits per heavy atom. The molecule has 4 heteroatoms. The van der Waals surface area contributed by atoms with E-state index in [9.17, 15) is 0 Å². The summed E-state index contributed by atoms with van der Waals surface area (Å²) in [6.07, 6.45) is 0. The van der Waals surface area contributed by atoms with Crippen LogP contribution in [0.5, 0.6) is 0 Å². The van der Waals surface area contributed by atoms with Crippen LogP contribution in [0.4, 0.5) is 0 Å². The molecule has 0 N–H and O–H groups in total. The first-order valence-electron chi connectivity index (χ1n) is 4.53. The van der Waals surface area contributed by atoms with Crippen molar-refractivity contribution in [3.05, 3.63) is 17.0 Å². The van der Waals surface area contributed by atoms with Gasteiger partial charge < -0.3 is 9.47 Å². The highest BCUT2D eigenvalue weighted by molar-refractivity contribution is 7.82. The van der Waals surface area contributed by atoms with Gasteiger partial charge in [-0.05, 0) is 37.8 Å². The van der Waals surface area contributed by atoms with Gasteiger partial charge in [0.05, 0.1) is 10.8 Å². The molecule has 1 fully saturated rings. The van der Waals surface area contributed by atoms with Crippen LogP contribution in [0, 0.1) is 0 Å². The lowest BCUT2D eigenvalue weighted by Crippen LogP contribution is -2.27. The van der Waals surface area contributed by atoms with Crippen molar-refractivity contribution < 1.29 is 9.47 Å². The van der Waals surface area contributed by atoms with E-state index in [0.717, 1.165) is 9.77 Å². The van der Waals surface area contributed by atoms with Gasteiger partial charge in [0, 0.05) is 0 Å². The molecule has 0 radical (unpaired) electrons. The van der Waals surface area contributed by atoms with Crippen molar-refractivity contribution >= 4 is 24.0 Å². The quantitative estimate of drug-likeness (QED) is 0.748. The Kier molecular flexibility index (Phi) is 2.42. The number of rotatable bonds is 1. The van der Waals surface area contributed by atoms with Crippen LogP contribution in [0.2, 0.25) is 0 Å². The standard InChI is InChI=1S/C10H14O2S2/c1-9(2)11-6-10(3,12-9)7-4-8(13)14-5-7/h4-5,13H,6H2,1-3H3/t10-/m0/s1. The predicted molar refractivity (Wildman–Crippen MR) is 60.0 cm³/mol. The fourth-order valence-corrected chi connectivity index (χ4v) is 2.71. The number of hydrogen-bond donors (Lipinski definition) is 1. The molecule has 0 bridgehead atoms. The molecule has 1 atom stereocenters. The predicted octanol–water partition coefficient (Wildman–Crippen LogP) is 3.03. The van der Waals surface area contributed by atoms with Gasteiger partial charge in [0.15, 0.2) is 5.79 Å². The van der Waals surface area contributed by atoms with Crippen molar-refractivity contribution in [2.75, 3.05) is 6.61 Å². The van der Waals surface area contributed by atoms with E-state index in [2.05, 4.69) is 24.9 Å². The zero-order chi connectivity index (χ0) is 10.4. The van der Waals surface area contributed by atoms with E-state index in [1.54, 1.807) is 11.3 Å². The maximum atomic E-state index is 5.89. The fraction of sp³-hybridized carbons (Fsp3) is 0.600. The van der Waals surface area contributed by atoms with Crippen molar-refractivity contribution in [1.82, 2.24) is 0 Å². The number of ether oxygens (including phenoxy) is 2. The summed E-state index contributed by atoms with van der Waals surface area (Å²) < 4.78 is 12.5. The minimum Gasteiger partial charge on any atom is -0.347 e. The lowest BCUT2D eigenvalue weighted by Gasteiger charge is -2.24. The molecule has 1 aromatic heterocycles. The molecule has 2 nitrogen and oxygen atoms in total.